The van der Waals surface area contributed by atoms with Crippen LogP contribution in [0.4, 0.5) is 0 Å². The molecule has 110 valence electrons. The lowest BCUT2D eigenvalue weighted by atomic mass is 10.1. The molecular formula is C15H16N2O3S. The average Bonchev–Trinajstić information content (AvgIpc) is 3.10. The Balaban J connectivity index is 1.92. The summed E-state index contributed by atoms with van der Waals surface area (Å²) in [5.41, 5.74) is 6.67. The number of aryl methyl sites for hydroxylation is 1. The minimum atomic E-state index is -0.481. The smallest absolute Gasteiger partial charge is 0.249 e. The highest BCUT2D eigenvalue weighted by Crippen LogP contribution is 2.31. The van der Waals surface area contributed by atoms with Crippen molar-refractivity contribution in [3.8, 4) is 16.3 Å². The van der Waals surface area contributed by atoms with E-state index < -0.39 is 5.91 Å². The summed E-state index contributed by atoms with van der Waals surface area (Å²) in [7, 11) is 0. The van der Waals surface area contributed by atoms with E-state index in [0.717, 1.165) is 21.9 Å². The summed E-state index contributed by atoms with van der Waals surface area (Å²) in [5, 5.41) is 0.789. The Morgan fingerprint density at radius 3 is 3.00 bits per heavy atom. The summed E-state index contributed by atoms with van der Waals surface area (Å²) in [6, 6.07) is 5.37. The second kappa shape index (κ2) is 5.83. The van der Waals surface area contributed by atoms with Crippen LogP contribution in [0, 0.1) is 6.92 Å². The van der Waals surface area contributed by atoms with Crippen LogP contribution in [0.2, 0.25) is 0 Å². The summed E-state index contributed by atoms with van der Waals surface area (Å²) in [6.45, 7) is 3.27. The maximum absolute atomic E-state index is 11.7. The Kier molecular flexibility index (Phi) is 3.90. The van der Waals surface area contributed by atoms with Gasteiger partial charge in [-0.05, 0) is 25.1 Å². The van der Waals surface area contributed by atoms with Gasteiger partial charge in [0, 0.05) is 23.1 Å². The molecule has 21 heavy (non-hydrogen) atoms. The summed E-state index contributed by atoms with van der Waals surface area (Å²) >= 11 is 1.53. The molecule has 0 radical (unpaired) electrons. The Hall–Kier alpha value is -1.92. The van der Waals surface area contributed by atoms with Gasteiger partial charge in [0.1, 0.15) is 16.9 Å². The number of aromatic nitrogens is 1. The van der Waals surface area contributed by atoms with Gasteiger partial charge in [-0.3, -0.25) is 4.79 Å². The summed E-state index contributed by atoms with van der Waals surface area (Å²) in [4.78, 5) is 17.1. The van der Waals surface area contributed by atoms with Crippen LogP contribution in [0.25, 0.3) is 10.6 Å². The first-order chi connectivity index (χ1) is 10.1. The number of nitrogens with two attached hydrogens (primary N) is 1. The number of benzene rings is 1. The molecule has 2 N–H and O–H groups in total. The van der Waals surface area contributed by atoms with E-state index in [4.69, 9.17) is 15.2 Å². The molecule has 1 amide bonds. The van der Waals surface area contributed by atoms with Crippen molar-refractivity contribution < 1.29 is 14.3 Å². The van der Waals surface area contributed by atoms with Crippen molar-refractivity contribution >= 4 is 17.2 Å². The minimum absolute atomic E-state index is 0.0404. The second-order valence-electron chi connectivity index (χ2n) is 4.95. The highest BCUT2D eigenvalue weighted by molar-refractivity contribution is 7.15. The first kappa shape index (κ1) is 14.0. The number of hydrogen-bond donors (Lipinski definition) is 1. The zero-order valence-electron chi connectivity index (χ0n) is 11.7. The fourth-order valence-electron chi connectivity index (χ4n) is 2.26. The molecule has 2 heterocycles. The highest BCUT2D eigenvalue weighted by atomic mass is 32.1. The summed E-state index contributed by atoms with van der Waals surface area (Å²) in [6.07, 6.45) is 2.68. The van der Waals surface area contributed by atoms with Gasteiger partial charge in [0.25, 0.3) is 0 Å². The molecule has 0 unspecified atom stereocenters. The molecule has 6 heteroatoms. The first-order valence-corrected chi connectivity index (χ1v) is 7.56. The molecule has 1 aromatic heterocycles. The van der Waals surface area contributed by atoms with Gasteiger partial charge in [-0.1, -0.05) is 0 Å². The van der Waals surface area contributed by atoms with Crippen LogP contribution in [0.5, 0.6) is 5.75 Å². The summed E-state index contributed by atoms with van der Waals surface area (Å²) < 4.78 is 11.1. The molecule has 1 aromatic carbocycles. The van der Waals surface area contributed by atoms with Crippen LogP contribution in [0.15, 0.2) is 24.4 Å². The van der Waals surface area contributed by atoms with Gasteiger partial charge in [-0.2, -0.15) is 0 Å². The van der Waals surface area contributed by atoms with E-state index in [-0.39, 0.29) is 6.10 Å². The van der Waals surface area contributed by atoms with Gasteiger partial charge >= 0.3 is 0 Å². The average molecular weight is 304 g/mol. The van der Waals surface area contributed by atoms with E-state index in [2.05, 4.69) is 4.98 Å². The number of carbonyl (C=O) groups is 1. The molecule has 0 saturated carbocycles. The van der Waals surface area contributed by atoms with E-state index in [1.54, 1.807) is 12.3 Å². The van der Waals surface area contributed by atoms with E-state index in [0.29, 0.717) is 24.5 Å². The van der Waals surface area contributed by atoms with Crippen molar-refractivity contribution in [3.63, 3.8) is 0 Å². The molecule has 1 atom stereocenters. The maximum atomic E-state index is 11.7. The molecule has 1 saturated heterocycles. The van der Waals surface area contributed by atoms with Crippen molar-refractivity contribution in [2.24, 2.45) is 5.73 Å². The van der Waals surface area contributed by atoms with Crippen LogP contribution in [-0.4, -0.2) is 30.2 Å². The number of rotatable bonds is 4. The monoisotopic (exact) mass is 304 g/mol. The van der Waals surface area contributed by atoms with Gasteiger partial charge < -0.3 is 15.2 Å². The summed E-state index contributed by atoms with van der Waals surface area (Å²) in [5.74, 6) is 0.155. The Morgan fingerprint density at radius 1 is 1.52 bits per heavy atom. The van der Waals surface area contributed by atoms with Gasteiger partial charge in [0.2, 0.25) is 5.91 Å². The van der Waals surface area contributed by atoms with Crippen LogP contribution in [0.1, 0.15) is 21.7 Å². The molecule has 2 aromatic rings. The SMILES string of the molecule is Cc1cnc(-c2ccc(O[C@H]3CCOC3)cc2C(N)=O)s1. The number of carbonyl (C=O) groups excluding carboxylic acids is 1. The number of primary amides is 1. The van der Waals surface area contributed by atoms with Crippen molar-refractivity contribution in [2.45, 2.75) is 19.4 Å². The number of nitrogens with zero attached hydrogens (tertiary/aromatic N) is 1. The topological polar surface area (TPSA) is 74.4 Å². The molecular weight excluding hydrogens is 288 g/mol. The predicted octanol–water partition coefficient (Wildman–Crippen LogP) is 2.39. The predicted molar refractivity (Wildman–Crippen MR) is 80.7 cm³/mol. The molecule has 1 aliphatic rings. The normalized spacial score (nSPS) is 17.9. The molecule has 0 aliphatic carbocycles. The van der Waals surface area contributed by atoms with Gasteiger partial charge in [0.05, 0.1) is 18.8 Å². The minimum Gasteiger partial charge on any atom is -0.488 e. The van der Waals surface area contributed by atoms with Gasteiger partial charge in [0.15, 0.2) is 0 Å². The van der Waals surface area contributed by atoms with Gasteiger partial charge in [-0.15, -0.1) is 11.3 Å². The molecule has 5 nitrogen and oxygen atoms in total. The van der Waals surface area contributed by atoms with E-state index in [1.807, 2.05) is 19.1 Å². The quantitative estimate of drug-likeness (QED) is 0.941. The molecule has 3 rings (SSSR count). The van der Waals surface area contributed by atoms with E-state index in [9.17, 15) is 4.79 Å². The van der Waals surface area contributed by atoms with E-state index >= 15 is 0 Å². The van der Waals surface area contributed by atoms with Crippen LogP contribution >= 0.6 is 11.3 Å². The largest absolute Gasteiger partial charge is 0.488 e. The third kappa shape index (κ3) is 3.06. The lowest BCUT2D eigenvalue weighted by molar-refractivity contribution is 0.0999. The Bertz CT molecular complexity index is 663. The molecule has 0 bridgehead atoms. The Morgan fingerprint density at radius 2 is 2.38 bits per heavy atom. The van der Waals surface area contributed by atoms with Crippen LogP contribution < -0.4 is 10.5 Å². The third-order valence-corrected chi connectivity index (χ3v) is 4.24. The number of hydrogen-bond acceptors (Lipinski definition) is 5. The third-order valence-electron chi connectivity index (χ3n) is 3.30. The molecule has 0 spiro atoms. The van der Waals surface area contributed by atoms with Crippen molar-refractivity contribution in [1.29, 1.82) is 0 Å². The molecule has 1 fully saturated rings. The van der Waals surface area contributed by atoms with Crippen molar-refractivity contribution in [3.05, 3.63) is 34.8 Å². The van der Waals surface area contributed by atoms with Crippen LogP contribution in [-0.2, 0) is 4.74 Å². The first-order valence-electron chi connectivity index (χ1n) is 6.74. The zero-order chi connectivity index (χ0) is 14.8. The number of amides is 1. The number of ether oxygens (including phenoxy) is 2. The van der Waals surface area contributed by atoms with Crippen molar-refractivity contribution in [2.75, 3.05) is 13.2 Å². The second-order valence-corrected chi connectivity index (χ2v) is 6.19. The lowest BCUT2D eigenvalue weighted by Crippen LogP contribution is -2.17. The standard InChI is InChI=1S/C15H16N2O3S/c1-9-7-17-15(21-9)12-3-2-10(6-13(12)14(16)18)20-11-4-5-19-8-11/h2-3,6-7,11H,4-5,8H2,1H3,(H2,16,18)/t11-/m0/s1. The fourth-order valence-corrected chi connectivity index (χ4v) is 3.07. The van der Waals surface area contributed by atoms with Crippen LogP contribution in [0.3, 0.4) is 0 Å². The fraction of sp³-hybridized carbons (Fsp3) is 0.333. The highest BCUT2D eigenvalue weighted by Gasteiger charge is 2.19. The Labute approximate surface area is 126 Å². The number of thiazole rings is 1. The van der Waals surface area contributed by atoms with Crippen molar-refractivity contribution in [1.82, 2.24) is 4.98 Å². The lowest BCUT2D eigenvalue weighted by Gasteiger charge is -2.13. The van der Waals surface area contributed by atoms with Gasteiger partial charge in [-0.25, -0.2) is 4.98 Å². The van der Waals surface area contributed by atoms with E-state index in [1.165, 1.54) is 11.3 Å². The zero-order valence-corrected chi connectivity index (χ0v) is 12.5. The molecule has 1 aliphatic heterocycles. The maximum Gasteiger partial charge on any atom is 0.249 e.